The van der Waals surface area contributed by atoms with Gasteiger partial charge in [0.25, 0.3) is 0 Å². The summed E-state index contributed by atoms with van der Waals surface area (Å²) in [5.41, 5.74) is 2.42. The van der Waals surface area contributed by atoms with Crippen LogP contribution < -0.4 is 0 Å². The Hall–Kier alpha value is -3.21. The van der Waals surface area contributed by atoms with Gasteiger partial charge in [-0.25, -0.2) is 9.59 Å². The number of carbonyl (C=O) groups is 3. The van der Waals surface area contributed by atoms with Gasteiger partial charge in [-0.2, -0.15) is 0 Å². The fourth-order valence-electron chi connectivity index (χ4n) is 2.63. The number of methoxy groups -OCH3 is 2. The smallest absolute Gasteiger partial charge is 0.338 e. The average Bonchev–Trinajstić information content (AvgIpc) is 2.68. The largest absolute Gasteiger partial charge is 0.466 e. The van der Waals surface area contributed by atoms with E-state index in [1.807, 2.05) is 24.3 Å². The molecule has 5 nitrogen and oxygen atoms in total. The molecule has 0 aromatic heterocycles. The van der Waals surface area contributed by atoms with Crippen molar-refractivity contribution in [1.82, 2.24) is 0 Å². The Kier molecular flexibility index (Phi) is 6.44. The summed E-state index contributed by atoms with van der Waals surface area (Å²) >= 11 is 0. The zero-order valence-corrected chi connectivity index (χ0v) is 14.8. The van der Waals surface area contributed by atoms with E-state index in [4.69, 9.17) is 4.74 Å². The van der Waals surface area contributed by atoms with Crippen molar-refractivity contribution in [3.8, 4) is 0 Å². The van der Waals surface area contributed by atoms with Crippen LogP contribution in [0.5, 0.6) is 0 Å². The molecule has 0 bridgehead atoms. The number of ether oxygens (including phenoxy) is 2. The van der Waals surface area contributed by atoms with E-state index < -0.39 is 11.9 Å². The molecule has 2 aromatic carbocycles. The molecular weight excluding hydrogens is 332 g/mol. The Balaban J connectivity index is 2.27. The van der Waals surface area contributed by atoms with E-state index in [1.54, 1.807) is 24.3 Å². The van der Waals surface area contributed by atoms with Crippen molar-refractivity contribution >= 4 is 17.7 Å². The molecule has 0 unspecified atom stereocenters. The van der Waals surface area contributed by atoms with Gasteiger partial charge in [-0.05, 0) is 17.2 Å². The highest BCUT2D eigenvalue weighted by atomic mass is 16.5. The number of carbonyl (C=O) groups excluding carboxylic acids is 3. The zero-order chi connectivity index (χ0) is 19.1. The first-order chi connectivity index (χ1) is 12.5. The molecule has 5 heteroatoms. The maximum atomic E-state index is 12.8. The molecule has 0 radical (unpaired) electrons. The van der Waals surface area contributed by atoms with Gasteiger partial charge in [0.05, 0.1) is 19.8 Å². The molecule has 0 atom stereocenters. The Morgan fingerprint density at radius 1 is 0.808 bits per heavy atom. The summed E-state index contributed by atoms with van der Waals surface area (Å²) < 4.78 is 9.41. The highest BCUT2D eigenvalue weighted by Gasteiger charge is 2.19. The number of hydrogen-bond acceptors (Lipinski definition) is 5. The van der Waals surface area contributed by atoms with Gasteiger partial charge in [0, 0.05) is 24.0 Å². The number of Topliss-reactive ketones (excluding diaryl/α,β-unsaturated/α-hetero) is 1. The van der Waals surface area contributed by atoms with Gasteiger partial charge in [0.2, 0.25) is 0 Å². The quantitative estimate of drug-likeness (QED) is 0.435. The van der Waals surface area contributed by atoms with Crippen LogP contribution in [0.4, 0.5) is 0 Å². The van der Waals surface area contributed by atoms with Gasteiger partial charge < -0.3 is 9.47 Å². The molecule has 0 fully saturated rings. The van der Waals surface area contributed by atoms with Crippen molar-refractivity contribution < 1.29 is 23.9 Å². The molecule has 0 aliphatic carbocycles. The second kappa shape index (κ2) is 8.76. The van der Waals surface area contributed by atoms with E-state index in [0.29, 0.717) is 11.1 Å². The maximum absolute atomic E-state index is 12.8. The van der Waals surface area contributed by atoms with E-state index >= 15 is 0 Å². The van der Waals surface area contributed by atoms with Crippen LogP contribution in [0.1, 0.15) is 31.8 Å². The van der Waals surface area contributed by atoms with Crippen molar-refractivity contribution in [1.29, 1.82) is 0 Å². The Bertz CT molecular complexity index is 851. The molecule has 0 saturated carbocycles. The topological polar surface area (TPSA) is 69.7 Å². The summed E-state index contributed by atoms with van der Waals surface area (Å²) in [6, 6.07) is 13.8. The van der Waals surface area contributed by atoms with Gasteiger partial charge in [0.1, 0.15) is 0 Å². The first-order valence-electron chi connectivity index (χ1n) is 8.01. The van der Waals surface area contributed by atoms with E-state index in [9.17, 15) is 14.4 Å². The van der Waals surface area contributed by atoms with Gasteiger partial charge in [-0.3, -0.25) is 4.79 Å². The van der Waals surface area contributed by atoms with Crippen molar-refractivity contribution in [2.45, 2.75) is 12.8 Å². The first-order valence-corrected chi connectivity index (χ1v) is 8.01. The highest BCUT2D eigenvalue weighted by molar-refractivity contribution is 6.07. The fraction of sp³-hybridized carbons (Fsp3) is 0.190. The maximum Gasteiger partial charge on any atom is 0.338 e. The minimum absolute atomic E-state index is 0.0959. The molecule has 2 rings (SSSR count). The fourth-order valence-corrected chi connectivity index (χ4v) is 2.63. The highest BCUT2D eigenvalue weighted by Crippen LogP contribution is 2.18. The molecule has 0 heterocycles. The van der Waals surface area contributed by atoms with E-state index in [-0.39, 0.29) is 24.2 Å². The summed E-state index contributed by atoms with van der Waals surface area (Å²) in [5, 5.41) is 0. The predicted octanol–water partition coefficient (Wildman–Crippen LogP) is 3.17. The summed E-state index contributed by atoms with van der Waals surface area (Å²) in [6.45, 7) is 3.73. The van der Waals surface area contributed by atoms with Crippen LogP contribution in [0.15, 0.2) is 60.7 Å². The molecular formula is C21H20O5. The third-order valence-electron chi connectivity index (χ3n) is 3.98. The van der Waals surface area contributed by atoms with Gasteiger partial charge >= 0.3 is 11.9 Å². The van der Waals surface area contributed by atoms with Crippen molar-refractivity contribution in [2.75, 3.05) is 14.2 Å². The average molecular weight is 352 g/mol. The number of ketones is 1. The molecule has 0 N–H and O–H groups in total. The van der Waals surface area contributed by atoms with Crippen molar-refractivity contribution in [3.05, 3.63) is 82.9 Å². The third-order valence-corrected chi connectivity index (χ3v) is 3.98. The first kappa shape index (κ1) is 19.1. The van der Waals surface area contributed by atoms with Gasteiger partial charge in [-0.15, -0.1) is 0 Å². The summed E-state index contributed by atoms with van der Waals surface area (Å²) in [6.07, 6.45) is 0.382. The molecule has 0 aliphatic rings. The van der Waals surface area contributed by atoms with Crippen LogP contribution in [0.3, 0.4) is 0 Å². The molecule has 0 aliphatic heterocycles. The molecule has 2 aromatic rings. The number of esters is 2. The Morgan fingerprint density at radius 2 is 1.35 bits per heavy atom. The van der Waals surface area contributed by atoms with Crippen LogP contribution in [-0.2, 0) is 27.1 Å². The second-order valence-corrected chi connectivity index (χ2v) is 5.68. The minimum Gasteiger partial charge on any atom is -0.466 e. The number of hydrogen-bond donors (Lipinski definition) is 0. The lowest BCUT2D eigenvalue weighted by molar-refractivity contribution is -0.136. The Morgan fingerprint density at radius 3 is 1.92 bits per heavy atom. The van der Waals surface area contributed by atoms with Crippen LogP contribution in [0.2, 0.25) is 0 Å². The van der Waals surface area contributed by atoms with Crippen molar-refractivity contribution in [2.24, 2.45) is 0 Å². The molecule has 26 heavy (non-hydrogen) atoms. The summed E-state index contributed by atoms with van der Waals surface area (Å²) in [7, 11) is 2.57. The lowest BCUT2D eigenvalue weighted by Gasteiger charge is -2.11. The lowest BCUT2D eigenvalue weighted by atomic mass is 9.93. The predicted molar refractivity (Wildman–Crippen MR) is 97.1 cm³/mol. The van der Waals surface area contributed by atoms with Gasteiger partial charge in [-0.1, -0.05) is 49.0 Å². The van der Waals surface area contributed by atoms with E-state index in [2.05, 4.69) is 11.3 Å². The normalized spacial score (nSPS) is 10.1. The molecule has 0 saturated heterocycles. The third kappa shape index (κ3) is 4.45. The van der Waals surface area contributed by atoms with Crippen LogP contribution >= 0.6 is 0 Å². The van der Waals surface area contributed by atoms with E-state index in [1.165, 1.54) is 14.2 Å². The molecule has 134 valence electrons. The zero-order valence-electron chi connectivity index (χ0n) is 14.8. The lowest BCUT2D eigenvalue weighted by Crippen LogP contribution is -2.13. The standard InChI is InChI=1S/C21H20O5/c1-14(20(23)25-2)12-15-8-4-5-9-16(15)13-19(22)17-10-6-7-11-18(17)21(24)26-3/h4-11H,1,12-13H2,2-3H3. The molecule has 0 amide bonds. The SMILES string of the molecule is C=C(Cc1ccccc1CC(=O)c1ccccc1C(=O)OC)C(=O)OC. The number of rotatable bonds is 7. The van der Waals surface area contributed by atoms with Crippen molar-refractivity contribution in [3.63, 3.8) is 0 Å². The molecule has 0 spiro atoms. The van der Waals surface area contributed by atoms with Crippen LogP contribution in [-0.4, -0.2) is 31.9 Å². The van der Waals surface area contributed by atoms with Crippen LogP contribution in [0, 0.1) is 0 Å². The summed E-state index contributed by atoms with van der Waals surface area (Å²) in [4.78, 5) is 36.2. The Labute approximate surface area is 152 Å². The second-order valence-electron chi connectivity index (χ2n) is 5.68. The number of benzene rings is 2. The van der Waals surface area contributed by atoms with Crippen LogP contribution in [0.25, 0.3) is 0 Å². The monoisotopic (exact) mass is 352 g/mol. The summed E-state index contributed by atoms with van der Waals surface area (Å²) in [5.74, 6) is -1.24. The van der Waals surface area contributed by atoms with E-state index in [0.717, 1.165) is 11.1 Å². The minimum atomic E-state index is -0.554. The van der Waals surface area contributed by atoms with Gasteiger partial charge in [0.15, 0.2) is 5.78 Å².